The molecule has 0 amide bonds. The van der Waals surface area contributed by atoms with Gasteiger partial charge in [0.2, 0.25) is 5.78 Å². The first-order chi connectivity index (χ1) is 14.2. The summed E-state index contributed by atoms with van der Waals surface area (Å²) in [7, 11) is 0. The average Bonchev–Trinajstić information content (AvgIpc) is 2.65. The fourth-order valence-corrected chi connectivity index (χ4v) is 5.15. The van der Waals surface area contributed by atoms with Gasteiger partial charge in [0.1, 0.15) is 17.2 Å². The van der Waals surface area contributed by atoms with Crippen LogP contribution in [0.2, 0.25) is 0 Å². The summed E-state index contributed by atoms with van der Waals surface area (Å²) in [6.07, 6.45) is 4.02. The molecule has 4 rings (SSSR count). The van der Waals surface area contributed by atoms with Crippen LogP contribution in [0.1, 0.15) is 72.6 Å². The second kappa shape index (κ2) is 7.95. The van der Waals surface area contributed by atoms with Gasteiger partial charge in [0.25, 0.3) is 0 Å². The molecular weight excluding hydrogens is 380 g/mol. The lowest BCUT2D eigenvalue weighted by Gasteiger charge is -2.37. The smallest absolute Gasteiger partial charge is 0.201 e. The summed E-state index contributed by atoms with van der Waals surface area (Å²) in [5.74, 6) is 0.884. The van der Waals surface area contributed by atoms with Crippen molar-refractivity contribution < 1.29 is 24.9 Å². The monoisotopic (exact) mass is 410 g/mol. The number of carbonyl (C=O) groups is 1. The van der Waals surface area contributed by atoms with Crippen LogP contribution in [0.3, 0.4) is 0 Å². The molecule has 3 N–H and O–H groups in total. The van der Waals surface area contributed by atoms with E-state index in [2.05, 4.69) is 20.8 Å². The third-order valence-electron chi connectivity index (χ3n) is 6.70. The number of phenolic OH excluding ortho intramolecular Hbond substituents is 3. The molecule has 2 aliphatic rings. The highest BCUT2D eigenvalue weighted by Crippen LogP contribution is 2.40. The summed E-state index contributed by atoms with van der Waals surface area (Å²) in [5, 5.41) is 30.5. The zero-order valence-electron chi connectivity index (χ0n) is 17.8. The Balaban J connectivity index is 1.58. The molecule has 1 saturated carbocycles. The van der Waals surface area contributed by atoms with Gasteiger partial charge in [0.05, 0.1) is 23.8 Å². The van der Waals surface area contributed by atoms with E-state index >= 15 is 0 Å². The third kappa shape index (κ3) is 3.79. The Kier molecular flexibility index (Phi) is 5.49. The predicted molar refractivity (Wildman–Crippen MR) is 114 cm³/mol. The number of fused-ring (bicyclic) bond motifs is 2. The van der Waals surface area contributed by atoms with Gasteiger partial charge in [-0.3, -0.25) is 4.79 Å². The van der Waals surface area contributed by atoms with Crippen LogP contribution >= 0.6 is 0 Å². The highest BCUT2D eigenvalue weighted by Gasteiger charge is 2.32. The lowest BCUT2D eigenvalue weighted by Crippen LogP contribution is -2.34. The molecule has 3 atom stereocenters. The van der Waals surface area contributed by atoms with Crippen molar-refractivity contribution >= 4 is 5.78 Å². The van der Waals surface area contributed by atoms with Gasteiger partial charge in [-0.25, -0.2) is 0 Å². The summed E-state index contributed by atoms with van der Waals surface area (Å²) >= 11 is 0. The van der Waals surface area contributed by atoms with Crippen molar-refractivity contribution in [3.63, 3.8) is 0 Å². The second-order valence-electron chi connectivity index (χ2n) is 9.33. The zero-order valence-corrected chi connectivity index (χ0v) is 17.8. The molecule has 160 valence electrons. The Morgan fingerprint density at radius 2 is 1.67 bits per heavy atom. The fraction of sp³-hybridized carbons (Fsp3) is 0.480. The van der Waals surface area contributed by atoms with Crippen molar-refractivity contribution in [2.24, 2.45) is 17.8 Å². The highest BCUT2D eigenvalue weighted by molar-refractivity contribution is 6.15. The number of phenols is 3. The molecule has 2 aliphatic carbocycles. The van der Waals surface area contributed by atoms with Crippen LogP contribution in [0, 0.1) is 17.8 Å². The van der Waals surface area contributed by atoms with Crippen molar-refractivity contribution in [2.45, 2.75) is 59.2 Å². The standard InChI is InChI=1S/C25H30O5/c1-13(2)19-5-4-14(3)6-22(19)30-12-15-7-16-9-17-10-18(26)11-21(28)24(17)25(29)23(16)20(27)8-15/h7-8,10-11,13-14,19,22,26-28H,4-6,9,12H2,1-3H3/t14-,19+,22-/m1/s1. The van der Waals surface area contributed by atoms with E-state index in [0.717, 1.165) is 18.1 Å². The van der Waals surface area contributed by atoms with Gasteiger partial charge < -0.3 is 20.1 Å². The van der Waals surface area contributed by atoms with Crippen LogP contribution in [0.5, 0.6) is 17.2 Å². The Morgan fingerprint density at radius 1 is 1.00 bits per heavy atom. The molecule has 1 fully saturated rings. The normalized spacial score (nSPS) is 23.3. The van der Waals surface area contributed by atoms with Crippen LogP contribution in [0.25, 0.3) is 0 Å². The summed E-state index contributed by atoms with van der Waals surface area (Å²) in [4.78, 5) is 12.9. The van der Waals surface area contributed by atoms with Gasteiger partial charge in [0.15, 0.2) is 0 Å². The lowest BCUT2D eigenvalue weighted by molar-refractivity contribution is -0.0473. The first kappa shape index (κ1) is 20.7. The molecule has 0 spiro atoms. The van der Waals surface area contributed by atoms with Crippen LogP contribution in [0.15, 0.2) is 24.3 Å². The molecular formula is C25H30O5. The minimum absolute atomic E-state index is 0.0858. The number of rotatable bonds is 4. The summed E-state index contributed by atoms with van der Waals surface area (Å²) in [6, 6.07) is 6.13. The third-order valence-corrected chi connectivity index (χ3v) is 6.70. The molecule has 0 radical (unpaired) electrons. The zero-order chi connectivity index (χ0) is 21.6. The Labute approximate surface area is 177 Å². The van der Waals surface area contributed by atoms with Crippen molar-refractivity contribution in [2.75, 3.05) is 0 Å². The van der Waals surface area contributed by atoms with Gasteiger partial charge in [0, 0.05) is 6.07 Å². The van der Waals surface area contributed by atoms with Gasteiger partial charge in [-0.2, -0.15) is 0 Å². The minimum atomic E-state index is -0.422. The summed E-state index contributed by atoms with van der Waals surface area (Å²) in [5.41, 5.74) is 2.44. The molecule has 0 aliphatic heterocycles. The number of ether oxygens (including phenoxy) is 1. The Bertz CT molecular complexity index is 978. The van der Waals surface area contributed by atoms with Crippen molar-refractivity contribution in [1.29, 1.82) is 0 Å². The maximum absolute atomic E-state index is 12.9. The van der Waals surface area contributed by atoms with E-state index in [9.17, 15) is 20.1 Å². The van der Waals surface area contributed by atoms with E-state index in [0.29, 0.717) is 41.9 Å². The molecule has 2 aromatic rings. The van der Waals surface area contributed by atoms with Crippen molar-refractivity contribution in [3.05, 3.63) is 52.1 Å². The molecule has 0 heterocycles. The molecule has 30 heavy (non-hydrogen) atoms. The van der Waals surface area contributed by atoms with E-state index in [4.69, 9.17) is 4.74 Å². The maximum Gasteiger partial charge on any atom is 0.201 e. The first-order valence-corrected chi connectivity index (χ1v) is 10.8. The average molecular weight is 411 g/mol. The summed E-state index contributed by atoms with van der Waals surface area (Å²) in [6.45, 7) is 7.14. The first-order valence-electron chi connectivity index (χ1n) is 10.8. The Morgan fingerprint density at radius 3 is 2.37 bits per heavy atom. The van der Waals surface area contributed by atoms with E-state index in [-0.39, 0.29) is 34.5 Å². The topological polar surface area (TPSA) is 87.0 Å². The van der Waals surface area contributed by atoms with E-state index in [1.54, 1.807) is 6.07 Å². The number of hydrogen-bond acceptors (Lipinski definition) is 5. The molecule has 0 saturated heterocycles. The van der Waals surface area contributed by atoms with Crippen LogP contribution in [-0.4, -0.2) is 27.2 Å². The Hall–Kier alpha value is -2.53. The predicted octanol–water partition coefficient (Wildman–Crippen LogP) is 4.92. The number of benzene rings is 2. The van der Waals surface area contributed by atoms with E-state index < -0.39 is 5.78 Å². The maximum atomic E-state index is 12.9. The number of aromatic hydroxyl groups is 3. The SMILES string of the molecule is CC(C)[C@@H]1CC[C@@H](C)C[C@H]1OCc1cc(O)c2c(c1)Cc1cc(O)cc(O)c1C2=O. The molecule has 0 unspecified atom stereocenters. The number of carbonyl (C=O) groups excluding carboxylic acids is 1. The lowest BCUT2D eigenvalue weighted by atomic mass is 9.75. The van der Waals surface area contributed by atoms with Crippen molar-refractivity contribution in [3.8, 4) is 17.2 Å². The van der Waals surface area contributed by atoms with Crippen molar-refractivity contribution in [1.82, 2.24) is 0 Å². The number of ketones is 1. The fourth-order valence-electron chi connectivity index (χ4n) is 5.15. The highest BCUT2D eigenvalue weighted by atomic mass is 16.5. The number of hydrogen-bond donors (Lipinski definition) is 3. The van der Waals surface area contributed by atoms with Gasteiger partial charge in [-0.15, -0.1) is 0 Å². The van der Waals surface area contributed by atoms with Crippen LogP contribution < -0.4 is 0 Å². The van der Waals surface area contributed by atoms with E-state index in [1.165, 1.54) is 18.9 Å². The quantitative estimate of drug-likeness (QED) is 0.568. The summed E-state index contributed by atoms with van der Waals surface area (Å²) < 4.78 is 6.32. The van der Waals surface area contributed by atoms with Gasteiger partial charge >= 0.3 is 0 Å². The molecule has 2 aromatic carbocycles. The van der Waals surface area contributed by atoms with Crippen LogP contribution in [0.4, 0.5) is 0 Å². The van der Waals surface area contributed by atoms with Gasteiger partial charge in [-0.1, -0.05) is 33.3 Å². The van der Waals surface area contributed by atoms with E-state index in [1.807, 2.05) is 6.07 Å². The largest absolute Gasteiger partial charge is 0.508 e. The molecule has 0 bridgehead atoms. The van der Waals surface area contributed by atoms with Crippen LogP contribution in [-0.2, 0) is 17.8 Å². The molecule has 0 aromatic heterocycles. The molecule has 5 heteroatoms. The van der Waals surface area contributed by atoms with Gasteiger partial charge in [-0.05, 0) is 65.8 Å². The second-order valence-corrected chi connectivity index (χ2v) is 9.33. The molecule has 5 nitrogen and oxygen atoms in total. The minimum Gasteiger partial charge on any atom is -0.508 e.